The van der Waals surface area contributed by atoms with Crippen LogP contribution in [-0.2, 0) is 14.2 Å². The highest BCUT2D eigenvalue weighted by Gasteiger charge is 2.29. The lowest BCUT2D eigenvalue weighted by Gasteiger charge is -2.35. The van der Waals surface area contributed by atoms with Crippen LogP contribution in [0.4, 0.5) is 0 Å². The van der Waals surface area contributed by atoms with Gasteiger partial charge >= 0.3 is 0 Å². The third-order valence-electron chi connectivity index (χ3n) is 3.87. The molecule has 0 amide bonds. The molecule has 0 radical (unpaired) electrons. The zero-order chi connectivity index (χ0) is 14.4. The van der Waals surface area contributed by atoms with Gasteiger partial charge < -0.3 is 14.2 Å². The molecule has 1 aliphatic carbocycles. The van der Waals surface area contributed by atoms with E-state index in [0.717, 1.165) is 6.42 Å². The van der Waals surface area contributed by atoms with Gasteiger partial charge in [-0.2, -0.15) is 0 Å². The Labute approximate surface area is 117 Å². The fourth-order valence-electron chi connectivity index (χ4n) is 2.37. The Balaban J connectivity index is 2.42. The highest BCUT2D eigenvalue weighted by atomic mass is 16.7. The maximum Gasteiger partial charge on any atom is 0.155 e. The number of ether oxygens (including phenoxy) is 3. The molecule has 0 saturated heterocycles. The van der Waals surface area contributed by atoms with E-state index in [0.29, 0.717) is 18.4 Å². The van der Waals surface area contributed by atoms with Crippen molar-refractivity contribution in [3.05, 3.63) is 24.5 Å². The smallest absolute Gasteiger partial charge is 0.155 e. The Morgan fingerprint density at radius 2 is 2.11 bits per heavy atom. The summed E-state index contributed by atoms with van der Waals surface area (Å²) >= 11 is 0. The van der Waals surface area contributed by atoms with Gasteiger partial charge in [0.05, 0.1) is 19.0 Å². The summed E-state index contributed by atoms with van der Waals surface area (Å²) in [5.74, 6) is 1.18. The van der Waals surface area contributed by atoms with Crippen LogP contribution in [0, 0.1) is 11.8 Å². The molecule has 19 heavy (non-hydrogen) atoms. The van der Waals surface area contributed by atoms with E-state index in [1.807, 2.05) is 13.8 Å². The molecule has 4 unspecified atom stereocenters. The summed E-state index contributed by atoms with van der Waals surface area (Å²) in [6, 6.07) is 0. The Hall–Kier alpha value is -0.800. The first-order valence-corrected chi connectivity index (χ1v) is 7.15. The highest BCUT2D eigenvalue weighted by Crippen LogP contribution is 2.32. The molecule has 0 heterocycles. The monoisotopic (exact) mass is 268 g/mol. The lowest BCUT2D eigenvalue weighted by atomic mass is 9.80. The molecule has 0 bridgehead atoms. The number of allylic oxidation sites excluding steroid dienone is 1. The largest absolute Gasteiger partial charge is 0.497 e. The van der Waals surface area contributed by atoms with Crippen LogP contribution in [0.25, 0.3) is 0 Å². The van der Waals surface area contributed by atoms with Crippen LogP contribution in [0.3, 0.4) is 0 Å². The first-order valence-electron chi connectivity index (χ1n) is 7.15. The molecule has 0 aliphatic heterocycles. The van der Waals surface area contributed by atoms with Crippen molar-refractivity contribution in [1.82, 2.24) is 0 Å². The van der Waals surface area contributed by atoms with Crippen molar-refractivity contribution in [1.29, 1.82) is 0 Å². The van der Waals surface area contributed by atoms with Gasteiger partial charge in [0, 0.05) is 0 Å². The minimum atomic E-state index is -0.225. The third-order valence-corrected chi connectivity index (χ3v) is 3.87. The van der Waals surface area contributed by atoms with Crippen LogP contribution in [0.5, 0.6) is 0 Å². The minimum absolute atomic E-state index is 0.00268. The van der Waals surface area contributed by atoms with Crippen molar-refractivity contribution in [2.45, 2.75) is 59.5 Å². The predicted octanol–water partition coefficient (Wildman–Crippen LogP) is 3.91. The predicted molar refractivity (Wildman–Crippen MR) is 77.7 cm³/mol. The van der Waals surface area contributed by atoms with E-state index in [4.69, 9.17) is 14.2 Å². The van der Waals surface area contributed by atoms with Crippen LogP contribution in [-0.4, -0.2) is 25.1 Å². The SMILES string of the molecule is C=COC(C)COC(C)O[C@H]1C(C)=CCC(C)C1C. The van der Waals surface area contributed by atoms with Gasteiger partial charge in [-0.25, -0.2) is 0 Å². The van der Waals surface area contributed by atoms with Crippen LogP contribution in [0.15, 0.2) is 24.5 Å². The summed E-state index contributed by atoms with van der Waals surface area (Å²) in [6.45, 7) is 14.6. The summed E-state index contributed by atoms with van der Waals surface area (Å²) < 4.78 is 16.9. The second kappa shape index (κ2) is 7.71. The van der Waals surface area contributed by atoms with Crippen molar-refractivity contribution < 1.29 is 14.2 Å². The van der Waals surface area contributed by atoms with Crippen molar-refractivity contribution in [3.63, 3.8) is 0 Å². The molecular weight excluding hydrogens is 240 g/mol. The molecule has 0 N–H and O–H groups in total. The van der Waals surface area contributed by atoms with E-state index in [-0.39, 0.29) is 18.5 Å². The van der Waals surface area contributed by atoms with Crippen molar-refractivity contribution in [2.24, 2.45) is 11.8 Å². The summed E-state index contributed by atoms with van der Waals surface area (Å²) in [5, 5.41) is 0. The third kappa shape index (κ3) is 5.00. The molecule has 1 rings (SSSR count). The molecule has 3 heteroatoms. The summed E-state index contributed by atoms with van der Waals surface area (Å²) in [6.07, 6.45) is 4.81. The summed E-state index contributed by atoms with van der Waals surface area (Å²) in [4.78, 5) is 0. The van der Waals surface area contributed by atoms with E-state index < -0.39 is 0 Å². The van der Waals surface area contributed by atoms with E-state index in [1.165, 1.54) is 11.8 Å². The van der Waals surface area contributed by atoms with Gasteiger partial charge in [0.2, 0.25) is 0 Å². The lowest BCUT2D eigenvalue weighted by molar-refractivity contribution is -0.176. The molecule has 110 valence electrons. The zero-order valence-electron chi connectivity index (χ0n) is 12.9. The van der Waals surface area contributed by atoms with Gasteiger partial charge in [0.25, 0.3) is 0 Å². The van der Waals surface area contributed by atoms with Gasteiger partial charge in [-0.1, -0.05) is 26.5 Å². The standard InChI is InChI=1S/C16H28O3/c1-7-17-13(4)10-18-15(6)19-16-12(3)9-8-11(2)14(16)5/h7,9,11,13-16H,1,8,10H2,2-6H3/t11?,13?,14?,15?,16-/m0/s1. The molecule has 5 atom stereocenters. The zero-order valence-corrected chi connectivity index (χ0v) is 12.9. The lowest BCUT2D eigenvalue weighted by Crippen LogP contribution is -2.35. The number of hydrogen-bond donors (Lipinski definition) is 0. The molecule has 0 saturated carbocycles. The van der Waals surface area contributed by atoms with E-state index in [2.05, 4.69) is 33.4 Å². The molecule has 0 aromatic carbocycles. The first kappa shape index (κ1) is 16.3. The fourth-order valence-corrected chi connectivity index (χ4v) is 2.37. The molecular formula is C16H28O3. The van der Waals surface area contributed by atoms with E-state index >= 15 is 0 Å². The highest BCUT2D eigenvalue weighted by molar-refractivity contribution is 5.11. The topological polar surface area (TPSA) is 27.7 Å². The van der Waals surface area contributed by atoms with Crippen LogP contribution in [0.2, 0.25) is 0 Å². The molecule has 0 aromatic heterocycles. The van der Waals surface area contributed by atoms with Crippen molar-refractivity contribution >= 4 is 0 Å². The normalized spacial score (nSPS) is 30.4. The van der Waals surface area contributed by atoms with Crippen LogP contribution >= 0.6 is 0 Å². The second-order valence-corrected chi connectivity index (χ2v) is 5.59. The Kier molecular flexibility index (Phi) is 6.59. The van der Waals surface area contributed by atoms with E-state index in [1.54, 1.807) is 0 Å². The van der Waals surface area contributed by atoms with Gasteiger partial charge in [-0.05, 0) is 44.6 Å². The maximum absolute atomic E-state index is 6.04. The average molecular weight is 268 g/mol. The summed E-state index contributed by atoms with van der Waals surface area (Å²) in [7, 11) is 0. The first-order chi connectivity index (χ1) is 8.95. The maximum atomic E-state index is 6.04. The molecule has 0 fully saturated rings. The fraction of sp³-hybridized carbons (Fsp3) is 0.750. The van der Waals surface area contributed by atoms with Gasteiger partial charge in [-0.3, -0.25) is 0 Å². The Morgan fingerprint density at radius 3 is 2.74 bits per heavy atom. The second-order valence-electron chi connectivity index (χ2n) is 5.59. The van der Waals surface area contributed by atoms with Crippen molar-refractivity contribution in [3.8, 4) is 0 Å². The van der Waals surface area contributed by atoms with Gasteiger partial charge in [0.1, 0.15) is 6.10 Å². The minimum Gasteiger partial charge on any atom is -0.497 e. The summed E-state index contributed by atoms with van der Waals surface area (Å²) in [5.41, 5.74) is 1.32. The molecule has 1 aliphatic rings. The quantitative estimate of drug-likeness (QED) is 0.398. The number of hydrogen-bond acceptors (Lipinski definition) is 3. The number of rotatable bonds is 7. The Bertz CT molecular complexity index is 311. The van der Waals surface area contributed by atoms with Gasteiger partial charge in [0.15, 0.2) is 6.29 Å². The molecule has 0 aromatic rings. The van der Waals surface area contributed by atoms with Crippen LogP contribution < -0.4 is 0 Å². The van der Waals surface area contributed by atoms with Crippen molar-refractivity contribution in [2.75, 3.05) is 6.61 Å². The van der Waals surface area contributed by atoms with Crippen LogP contribution in [0.1, 0.15) is 41.0 Å². The molecule has 3 nitrogen and oxygen atoms in total. The van der Waals surface area contributed by atoms with E-state index in [9.17, 15) is 0 Å². The molecule has 0 spiro atoms. The average Bonchev–Trinajstić information content (AvgIpc) is 2.37. The van der Waals surface area contributed by atoms with Gasteiger partial charge in [-0.15, -0.1) is 0 Å². The Morgan fingerprint density at radius 1 is 1.42 bits per heavy atom.